The highest BCUT2D eigenvalue weighted by Crippen LogP contribution is 2.50. The van der Waals surface area contributed by atoms with Crippen LogP contribution in [0.5, 0.6) is 0 Å². The van der Waals surface area contributed by atoms with Gasteiger partial charge in [0.05, 0.1) is 5.60 Å². The summed E-state index contributed by atoms with van der Waals surface area (Å²) in [5.41, 5.74) is -0.405. The van der Waals surface area contributed by atoms with Crippen molar-refractivity contribution >= 4 is 5.97 Å². The molecular formula is C12H20O4. The van der Waals surface area contributed by atoms with Crippen molar-refractivity contribution in [3.05, 3.63) is 0 Å². The number of aliphatic hydroxyl groups is 1. The normalized spacial score (nSPS) is 37.6. The minimum atomic E-state index is -0.915. The fourth-order valence-corrected chi connectivity index (χ4v) is 3.35. The Morgan fingerprint density at radius 1 is 1.50 bits per heavy atom. The molecule has 0 radical (unpaired) electrons. The molecule has 0 spiro atoms. The van der Waals surface area contributed by atoms with Gasteiger partial charge in [0.2, 0.25) is 0 Å². The molecule has 1 unspecified atom stereocenters. The van der Waals surface area contributed by atoms with Crippen LogP contribution in [0.15, 0.2) is 0 Å². The average Bonchev–Trinajstić information content (AvgIpc) is 2.66. The van der Waals surface area contributed by atoms with E-state index in [1.54, 1.807) is 0 Å². The Kier molecular flexibility index (Phi) is 3.50. The molecule has 4 heteroatoms. The molecule has 3 atom stereocenters. The average molecular weight is 228 g/mol. The summed E-state index contributed by atoms with van der Waals surface area (Å²) in [7, 11) is 0. The maximum Gasteiger partial charge on any atom is 0.329 e. The lowest BCUT2D eigenvalue weighted by Gasteiger charge is -2.21. The molecule has 0 heterocycles. The van der Waals surface area contributed by atoms with Crippen molar-refractivity contribution in [1.29, 1.82) is 0 Å². The Balaban J connectivity index is 1.67. The van der Waals surface area contributed by atoms with E-state index >= 15 is 0 Å². The number of aliphatic carboxylic acids is 1. The van der Waals surface area contributed by atoms with Gasteiger partial charge in [0.25, 0.3) is 0 Å². The van der Waals surface area contributed by atoms with Gasteiger partial charge in [0.15, 0.2) is 0 Å². The van der Waals surface area contributed by atoms with Crippen LogP contribution in [0.4, 0.5) is 0 Å². The second-order valence-corrected chi connectivity index (χ2v) is 5.23. The van der Waals surface area contributed by atoms with Crippen LogP contribution in [-0.4, -0.2) is 35.0 Å². The second kappa shape index (κ2) is 4.72. The molecule has 0 aromatic carbocycles. The highest BCUT2D eigenvalue weighted by Gasteiger charge is 2.48. The molecule has 2 rings (SSSR count). The molecule has 0 saturated heterocycles. The van der Waals surface area contributed by atoms with Gasteiger partial charge in [-0.15, -0.1) is 0 Å². The Bertz CT molecular complexity index is 266. The lowest BCUT2D eigenvalue weighted by molar-refractivity contribution is -0.142. The van der Waals surface area contributed by atoms with E-state index in [0.717, 1.165) is 38.5 Å². The fraction of sp³-hybridized carbons (Fsp3) is 0.917. The van der Waals surface area contributed by atoms with E-state index in [1.165, 1.54) is 0 Å². The van der Waals surface area contributed by atoms with Gasteiger partial charge in [-0.2, -0.15) is 0 Å². The highest BCUT2D eigenvalue weighted by molar-refractivity contribution is 5.67. The van der Waals surface area contributed by atoms with Crippen molar-refractivity contribution in [3.8, 4) is 0 Å². The summed E-state index contributed by atoms with van der Waals surface area (Å²) in [6.07, 6.45) is 6.11. The standard InChI is InChI=1S/C12H20O4/c13-11(14)8-16-5-3-9-6-10-2-1-4-12(10,15)7-9/h9-10,15H,1-8H2,(H,13,14)/t9?,10-,12-/m0/s1. The zero-order chi connectivity index (χ0) is 11.6. The minimum absolute atomic E-state index is 0.208. The Morgan fingerprint density at radius 3 is 3.00 bits per heavy atom. The van der Waals surface area contributed by atoms with Crippen molar-refractivity contribution in [2.24, 2.45) is 11.8 Å². The summed E-state index contributed by atoms with van der Waals surface area (Å²) in [6, 6.07) is 0. The molecule has 0 amide bonds. The number of carbonyl (C=O) groups is 1. The molecular weight excluding hydrogens is 208 g/mol. The zero-order valence-corrected chi connectivity index (χ0v) is 9.52. The molecule has 92 valence electrons. The fourth-order valence-electron chi connectivity index (χ4n) is 3.35. The zero-order valence-electron chi connectivity index (χ0n) is 9.52. The number of hydrogen-bond donors (Lipinski definition) is 2. The van der Waals surface area contributed by atoms with Crippen molar-refractivity contribution in [3.63, 3.8) is 0 Å². The first-order valence-electron chi connectivity index (χ1n) is 6.12. The summed E-state index contributed by atoms with van der Waals surface area (Å²) in [5, 5.41) is 18.7. The van der Waals surface area contributed by atoms with E-state index in [-0.39, 0.29) is 6.61 Å². The summed E-state index contributed by atoms with van der Waals surface area (Å²) < 4.78 is 5.03. The molecule has 0 bridgehead atoms. The molecule has 16 heavy (non-hydrogen) atoms. The molecule has 4 nitrogen and oxygen atoms in total. The SMILES string of the molecule is O=C(O)COCCC1C[C@@H]2CCC[C@]2(O)C1. The monoisotopic (exact) mass is 228 g/mol. The van der Waals surface area contributed by atoms with Crippen LogP contribution in [0.2, 0.25) is 0 Å². The quantitative estimate of drug-likeness (QED) is 0.698. The number of fused-ring (bicyclic) bond motifs is 1. The Morgan fingerprint density at radius 2 is 2.31 bits per heavy atom. The van der Waals surface area contributed by atoms with Crippen LogP contribution in [0.25, 0.3) is 0 Å². The first-order valence-corrected chi connectivity index (χ1v) is 6.12. The maximum absolute atomic E-state index is 10.3. The third kappa shape index (κ3) is 2.55. The van der Waals surface area contributed by atoms with Crippen LogP contribution in [0.3, 0.4) is 0 Å². The molecule has 0 aromatic rings. The Hall–Kier alpha value is -0.610. The summed E-state index contributed by atoms with van der Waals surface area (Å²) in [6.45, 7) is 0.292. The maximum atomic E-state index is 10.3. The first-order chi connectivity index (χ1) is 7.60. The van der Waals surface area contributed by atoms with Crippen molar-refractivity contribution in [1.82, 2.24) is 0 Å². The van der Waals surface area contributed by atoms with E-state index in [1.807, 2.05) is 0 Å². The lowest BCUT2D eigenvalue weighted by atomic mass is 9.95. The molecule has 2 fully saturated rings. The number of carboxylic acids is 1. The van der Waals surface area contributed by atoms with E-state index in [2.05, 4.69) is 0 Å². The smallest absolute Gasteiger partial charge is 0.329 e. The third-order valence-electron chi connectivity index (χ3n) is 4.08. The summed E-state index contributed by atoms with van der Waals surface area (Å²) >= 11 is 0. The highest BCUT2D eigenvalue weighted by atomic mass is 16.5. The first kappa shape index (κ1) is 11.9. The predicted molar refractivity (Wildman–Crippen MR) is 58.1 cm³/mol. The number of carboxylic acid groups (broad SMARTS) is 1. The van der Waals surface area contributed by atoms with Gasteiger partial charge in [-0.1, -0.05) is 6.42 Å². The van der Waals surface area contributed by atoms with Gasteiger partial charge >= 0.3 is 5.97 Å². The summed E-state index contributed by atoms with van der Waals surface area (Å²) in [4.78, 5) is 10.2. The van der Waals surface area contributed by atoms with Crippen LogP contribution < -0.4 is 0 Å². The van der Waals surface area contributed by atoms with Gasteiger partial charge in [-0.3, -0.25) is 0 Å². The molecule has 2 saturated carbocycles. The van der Waals surface area contributed by atoms with Crippen molar-refractivity contribution in [2.75, 3.05) is 13.2 Å². The van der Waals surface area contributed by atoms with Crippen LogP contribution in [0, 0.1) is 11.8 Å². The second-order valence-electron chi connectivity index (χ2n) is 5.23. The van der Waals surface area contributed by atoms with E-state index in [9.17, 15) is 9.90 Å². The Labute approximate surface area is 95.6 Å². The molecule has 2 N–H and O–H groups in total. The largest absolute Gasteiger partial charge is 0.480 e. The molecule has 2 aliphatic rings. The topological polar surface area (TPSA) is 66.8 Å². The molecule has 2 aliphatic carbocycles. The lowest BCUT2D eigenvalue weighted by Crippen LogP contribution is -2.27. The van der Waals surface area contributed by atoms with E-state index in [4.69, 9.17) is 9.84 Å². The predicted octanol–water partition coefficient (Wildman–Crippen LogP) is 1.42. The van der Waals surface area contributed by atoms with E-state index < -0.39 is 11.6 Å². The van der Waals surface area contributed by atoms with Gasteiger partial charge in [0.1, 0.15) is 6.61 Å². The van der Waals surface area contributed by atoms with Crippen molar-refractivity contribution in [2.45, 2.75) is 44.1 Å². The third-order valence-corrected chi connectivity index (χ3v) is 4.08. The van der Waals surface area contributed by atoms with Crippen LogP contribution in [-0.2, 0) is 9.53 Å². The number of rotatable bonds is 5. The number of ether oxygens (including phenoxy) is 1. The van der Waals surface area contributed by atoms with Gasteiger partial charge in [-0.25, -0.2) is 4.79 Å². The van der Waals surface area contributed by atoms with Crippen LogP contribution >= 0.6 is 0 Å². The van der Waals surface area contributed by atoms with E-state index in [0.29, 0.717) is 18.4 Å². The minimum Gasteiger partial charge on any atom is -0.480 e. The van der Waals surface area contributed by atoms with Crippen LogP contribution in [0.1, 0.15) is 38.5 Å². The van der Waals surface area contributed by atoms with Gasteiger partial charge in [0, 0.05) is 6.61 Å². The molecule has 0 aromatic heterocycles. The van der Waals surface area contributed by atoms with Gasteiger partial charge < -0.3 is 14.9 Å². The van der Waals surface area contributed by atoms with Gasteiger partial charge in [-0.05, 0) is 43.9 Å². The summed E-state index contributed by atoms with van der Waals surface area (Å²) in [5.74, 6) is 0.0861. The number of hydrogen-bond acceptors (Lipinski definition) is 3. The molecule has 0 aliphatic heterocycles. The van der Waals surface area contributed by atoms with Crippen molar-refractivity contribution < 1.29 is 19.7 Å².